The van der Waals surface area contributed by atoms with Crippen molar-refractivity contribution in [2.75, 3.05) is 0 Å². The van der Waals surface area contributed by atoms with Crippen LogP contribution in [0.1, 0.15) is 12.8 Å². The summed E-state index contributed by atoms with van der Waals surface area (Å²) in [4.78, 5) is 0. The molecule has 0 unspecified atom stereocenters. The molecule has 4 heteroatoms. The molecule has 0 radical (unpaired) electrons. The molecular formula is C10H10Cl3Ta. The number of hydrogen-bond acceptors (Lipinski definition) is 0. The standard InChI is InChI=1S/2C5H5.3ClH.Ta/c2*1-2-4-5-3-1;;;;/h2*1-3H,4H2;3*1H;/q;;;;;+3/p-3. The first-order valence-electron chi connectivity index (χ1n) is 3.88. The third-order valence-corrected chi connectivity index (χ3v) is 6.24. The maximum Gasteiger partial charge on any atom is -1.00 e. The van der Waals surface area contributed by atoms with Crippen LogP contribution < -0.4 is 37.2 Å². The smallest absolute Gasteiger partial charge is 1.00 e. The van der Waals surface area contributed by atoms with Crippen molar-refractivity contribution in [1.82, 2.24) is 0 Å². The Morgan fingerprint density at radius 3 is 1.50 bits per heavy atom. The predicted octanol–water partition coefficient (Wildman–Crippen LogP) is -6.23. The summed E-state index contributed by atoms with van der Waals surface area (Å²) >= 11 is -0.404. The van der Waals surface area contributed by atoms with Crippen LogP contribution in [-0.4, -0.2) is 0 Å². The summed E-state index contributed by atoms with van der Waals surface area (Å²) < 4.78 is 3.47. The van der Waals surface area contributed by atoms with Gasteiger partial charge in [-0.15, -0.1) is 0 Å². The van der Waals surface area contributed by atoms with E-state index in [4.69, 9.17) is 0 Å². The first kappa shape index (κ1) is 17.0. The molecule has 0 bridgehead atoms. The molecule has 0 saturated carbocycles. The topological polar surface area (TPSA) is 0 Å². The summed E-state index contributed by atoms with van der Waals surface area (Å²) in [6.45, 7) is 0. The summed E-state index contributed by atoms with van der Waals surface area (Å²) in [6, 6.07) is 0. The van der Waals surface area contributed by atoms with Gasteiger partial charge < -0.3 is 37.2 Å². The van der Waals surface area contributed by atoms with Crippen LogP contribution in [0.4, 0.5) is 0 Å². The summed E-state index contributed by atoms with van der Waals surface area (Å²) in [5.74, 6) is 0. The fourth-order valence-electron chi connectivity index (χ4n) is 1.22. The molecule has 0 heterocycles. The maximum atomic E-state index is 2.32. The van der Waals surface area contributed by atoms with Crippen LogP contribution in [0.5, 0.6) is 0 Å². The van der Waals surface area contributed by atoms with E-state index >= 15 is 0 Å². The molecule has 2 rings (SSSR count). The first-order chi connectivity index (χ1) is 5.45. The Balaban J connectivity index is 0. The van der Waals surface area contributed by atoms with Crippen LogP contribution in [0.2, 0.25) is 0 Å². The Hall–Kier alpha value is 0.570. The van der Waals surface area contributed by atoms with Gasteiger partial charge in [-0.2, -0.15) is 0 Å². The van der Waals surface area contributed by atoms with Gasteiger partial charge in [0.2, 0.25) is 0 Å². The molecule has 0 fully saturated rings. The summed E-state index contributed by atoms with van der Waals surface area (Å²) in [7, 11) is 0. The van der Waals surface area contributed by atoms with Crippen LogP contribution in [0.25, 0.3) is 0 Å². The second kappa shape index (κ2) is 8.84. The Bertz CT molecular complexity index is 249. The van der Waals surface area contributed by atoms with E-state index in [-0.39, 0.29) is 37.2 Å². The maximum absolute atomic E-state index is 2.32. The Morgan fingerprint density at radius 2 is 1.21 bits per heavy atom. The van der Waals surface area contributed by atoms with Crippen molar-refractivity contribution in [1.29, 1.82) is 0 Å². The molecule has 76 valence electrons. The fraction of sp³-hybridized carbons (Fsp3) is 0.200. The molecule has 0 saturated heterocycles. The third-order valence-electron chi connectivity index (χ3n) is 1.79. The van der Waals surface area contributed by atoms with Gasteiger partial charge in [-0.05, 0) is 0 Å². The predicted molar refractivity (Wildman–Crippen MR) is 43.7 cm³/mol. The molecule has 14 heavy (non-hydrogen) atoms. The van der Waals surface area contributed by atoms with Gasteiger partial charge >= 0.3 is 76.6 Å². The average molecular weight is 417 g/mol. The average Bonchev–Trinajstić information content (AvgIpc) is 2.60. The van der Waals surface area contributed by atoms with E-state index in [1.54, 1.807) is 7.58 Å². The van der Waals surface area contributed by atoms with Crippen LogP contribution in [-0.2, 0) is 19.8 Å². The van der Waals surface area contributed by atoms with Crippen LogP contribution in [0, 0.1) is 0 Å². The second-order valence-electron chi connectivity index (χ2n) is 2.69. The molecule has 0 aromatic carbocycles. The van der Waals surface area contributed by atoms with Crippen molar-refractivity contribution in [3.05, 3.63) is 44.0 Å². The van der Waals surface area contributed by atoms with Gasteiger partial charge in [0, 0.05) is 0 Å². The second-order valence-corrected chi connectivity index (χ2v) is 7.62. The van der Waals surface area contributed by atoms with Gasteiger partial charge in [0.15, 0.2) is 0 Å². The number of allylic oxidation sites excluding steroid dienone is 8. The summed E-state index contributed by atoms with van der Waals surface area (Å²) in [5, 5.41) is 0. The van der Waals surface area contributed by atoms with Crippen molar-refractivity contribution >= 4 is 0 Å². The summed E-state index contributed by atoms with van der Waals surface area (Å²) in [5.41, 5.74) is 0. The third kappa shape index (κ3) is 4.88. The van der Waals surface area contributed by atoms with Crippen molar-refractivity contribution in [2.24, 2.45) is 0 Å². The molecule has 0 aliphatic heterocycles. The molecule has 2 aliphatic rings. The Morgan fingerprint density at radius 1 is 0.786 bits per heavy atom. The van der Waals surface area contributed by atoms with E-state index < -0.39 is 19.8 Å². The molecule has 0 atom stereocenters. The molecule has 2 aliphatic carbocycles. The minimum absolute atomic E-state index is 0. The molecular weight excluding hydrogens is 407 g/mol. The largest absolute Gasteiger partial charge is 1.00 e. The normalized spacial score (nSPS) is 15.7. The zero-order valence-corrected chi connectivity index (χ0v) is 12.9. The minimum Gasteiger partial charge on any atom is -1.00 e. The monoisotopic (exact) mass is 416 g/mol. The molecule has 0 N–H and O–H groups in total. The van der Waals surface area contributed by atoms with Crippen molar-refractivity contribution < 1.29 is 57.0 Å². The number of rotatable bonds is 2. The molecule has 0 amide bonds. The Kier molecular flexibility index (Phi) is 10.7. The van der Waals surface area contributed by atoms with E-state index in [1.165, 1.54) is 12.8 Å². The molecule has 0 nitrogen and oxygen atoms in total. The van der Waals surface area contributed by atoms with Gasteiger partial charge in [-0.25, -0.2) is 0 Å². The number of halogens is 3. The van der Waals surface area contributed by atoms with Gasteiger partial charge in [-0.3, -0.25) is 0 Å². The van der Waals surface area contributed by atoms with Gasteiger partial charge in [0.25, 0.3) is 0 Å². The van der Waals surface area contributed by atoms with Gasteiger partial charge in [0.1, 0.15) is 0 Å². The van der Waals surface area contributed by atoms with Gasteiger partial charge in [0.05, 0.1) is 0 Å². The number of hydrogen-bond donors (Lipinski definition) is 0. The van der Waals surface area contributed by atoms with Crippen molar-refractivity contribution in [2.45, 2.75) is 12.8 Å². The SMILES string of the molecule is C1=CC[C]([Ta+3][C]2=CC=CC2)=C1.[Cl-].[Cl-].[Cl-]. The molecule has 0 spiro atoms. The fourth-order valence-corrected chi connectivity index (χ4v) is 5.11. The van der Waals surface area contributed by atoms with Crippen LogP contribution in [0.15, 0.2) is 44.0 Å². The van der Waals surface area contributed by atoms with Crippen LogP contribution >= 0.6 is 0 Å². The summed E-state index contributed by atoms with van der Waals surface area (Å²) in [6.07, 6.45) is 16.0. The van der Waals surface area contributed by atoms with Crippen molar-refractivity contribution in [3.63, 3.8) is 0 Å². The van der Waals surface area contributed by atoms with E-state index in [9.17, 15) is 0 Å². The van der Waals surface area contributed by atoms with E-state index in [2.05, 4.69) is 36.5 Å². The first-order valence-corrected chi connectivity index (χ1v) is 7.09. The van der Waals surface area contributed by atoms with E-state index in [1.807, 2.05) is 0 Å². The quantitative estimate of drug-likeness (QED) is 0.420. The van der Waals surface area contributed by atoms with Gasteiger partial charge in [-0.1, -0.05) is 0 Å². The van der Waals surface area contributed by atoms with E-state index in [0.29, 0.717) is 0 Å². The van der Waals surface area contributed by atoms with E-state index in [0.717, 1.165) is 0 Å². The minimum atomic E-state index is -0.404. The van der Waals surface area contributed by atoms with Crippen LogP contribution in [0.3, 0.4) is 0 Å². The zero-order chi connectivity index (χ0) is 7.52. The zero-order valence-electron chi connectivity index (χ0n) is 7.46. The molecule has 0 aromatic heterocycles. The molecule has 0 aromatic rings. The van der Waals surface area contributed by atoms with Crippen molar-refractivity contribution in [3.8, 4) is 0 Å². The Labute approximate surface area is 113 Å².